The fourth-order valence-corrected chi connectivity index (χ4v) is 3.14. The highest BCUT2D eigenvalue weighted by molar-refractivity contribution is 7.89. The third-order valence-electron chi connectivity index (χ3n) is 3.19. The lowest BCUT2D eigenvalue weighted by atomic mass is 9.98. The molecule has 21 heavy (non-hydrogen) atoms. The molecule has 8 heteroatoms. The molecule has 1 atom stereocenters. The smallest absolute Gasteiger partial charge is 0.307 e. The number of nitrogens with one attached hydrogen (secondary N) is 1. The zero-order valence-corrected chi connectivity index (χ0v) is 13.6. The summed E-state index contributed by atoms with van der Waals surface area (Å²) >= 11 is 0. The van der Waals surface area contributed by atoms with Crippen LogP contribution in [0, 0.1) is 18.8 Å². The molecule has 1 rings (SSSR count). The zero-order valence-electron chi connectivity index (χ0n) is 12.8. The first-order chi connectivity index (χ1) is 9.67. The summed E-state index contributed by atoms with van der Waals surface area (Å²) < 4.78 is 28.4. The molecule has 1 unspecified atom stereocenters. The molecule has 7 nitrogen and oxygen atoms in total. The summed E-state index contributed by atoms with van der Waals surface area (Å²) in [4.78, 5) is 15.1. The first-order valence-corrected chi connectivity index (χ1v) is 8.42. The van der Waals surface area contributed by atoms with Crippen molar-refractivity contribution in [2.45, 2.75) is 45.7 Å². The van der Waals surface area contributed by atoms with Gasteiger partial charge in [0.2, 0.25) is 0 Å². The topological polar surface area (TPSA) is 101 Å². The predicted octanol–water partition coefficient (Wildman–Crippen LogP) is 1.24. The summed E-state index contributed by atoms with van der Waals surface area (Å²) in [5, 5.41) is 9.05. The van der Waals surface area contributed by atoms with Crippen LogP contribution in [0.5, 0.6) is 0 Å². The molecule has 0 fully saturated rings. The Labute approximate surface area is 125 Å². The van der Waals surface area contributed by atoms with E-state index in [1.807, 2.05) is 20.8 Å². The van der Waals surface area contributed by atoms with Gasteiger partial charge in [-0.25, -0.2) is 18.1 Å². The van der Waals surface area contributed by atoms with E-state index >= 15 is 0 Å². The molecule has 0 aliphatic heterocycles. The lowest BCUT2D eigenvalue weighted by Crippen LogP contribution is -2.33. The van der Waals surface area contributed by atoms with Crippen molar-refractivity contribution >= 4 is 16.0 Å². The number of nitrogens with zero attached hydrogens (tertiary/aromatic N) is 2. The number of rotatable bonds is 8. The second-order valence-electron chi connectivity index (χ2n) is 5.43. The van der Waals surface area contributed by atoms with E-state index in [-0.39, 0.29) is 17.5 Å². The van der Waals surface area contributed by atoms with Crippen molar-refractivity contribution in [3.8, 4) is 0 Å². The van der Waals surface area contributed by atoms with Crippen LogP contribution in [0.2, 0.25) is 0 Å². The fourth-order valence-electron chi connectivity index (χ4n) is 2.05. The summed E-state index contributed by atoms with van der Waals surface area (Å²) in [5.41, 5.74) is 0. The maximum absolute atomic E-state index is 12.1. The molecule has 0 saturated carbocycles. The molecule has 0 bridgehead atoms. The molecular weight excluding hydrogens is 294 g/mol. The van der Waals surface area contributed by atoms with Crippen LogP contribution in [0.1, 0.15) is 33.0 Å². The van der Waals surface area contributed by atoms with E-state index in [2.05, 4.69) is 9.71 Å². The van der Waals surface area contributed by atoms with Crippen molar-refractivity contribution in [1.29, 1.82) is 0 Å². The highest BCUT2D eigenvalue weighted by Gasteiger charge is 2.24. The molecule has 1 aromatic heterocycles. The van der Waals surface area contributed by atoms with Gasteiger partial charge in [0.15, 0.2) is 5.03 Å². The maximum atomic E-state index is 12.1. The van der Waals surface area contributed by atoms with Crippen LogP contribution in [0.4, 0.5) is 0 Å². The van der Waals surface area contributed by atoms with E-state index < -0.39 is 21.9 Å². The van der Waals surface area contributed by atoms with Crippen LogP contribution in [0.3, 0.4) is 0 Å². The lowest BCUT2D eigenvalue weighted by molar-refractivity contribution is -0.142. The van der Waals surface area contributed by atoms with Crippen LogP contribution in [0.15, 0.2) is 11.2 Å². The number of hydrogen-bond donors (Lipinski definition) is 2. The molecule has 0 radical (unpaired) electrons. The third kappa shape index (κ3) is 4.82. The number of imidazole rings is 1. The Morgan fingerprint density at radius 2 is 2.10 bits per heavy atom. The largest absolute Gasteiger partial charge is 0.481 e. The molecule has 0 aromatic carbocycles. The second kappa shape index (κ2) is 7.04. The molecule has 0 amide bonds. The van der Waals surface area contributed by atoms with Gasteiger partial charge in [-0.1, -0.05) is 13.8 Å². The van der Waals surface area contributed by atoms with Crippen molar-refractivity contribution in [2.24, 2.45) is 11.8 Å². The van der Waals surface area contributed by atoms with Gasteiger partial charge in [0.25, 0.3) is 10.0 Å². The summed E-state index contributed by atoms with van der Waals surface area (Å²) in [6.45, 7) is 7.91. The number of carbonyl (C=O) groups is 1. The van der Waals surface area contributed by atoms with Crippen LogP contribution in [-0.4, -0.2) is 35.6 Å². The minimum absolute atomic E-state index is 0.0736. The van der Waals surface area contributed by atoms with Crippen molar-refractivity contribution < 1.29 is 18.3 Å². The second-order valence-corrected chi connectivity index (χ2v) is 7.14. The van der Waals surface area contributed by atoms with E-state index in [1.165, 1.54) is 6.20 Å². The number of aryl methyl sites for hydroxylation is 2. The molecule has 0 saturated heterocycles. The molecule has 1 aromatic rings. The van der Waals surface area contributed by atoms with E-state index in [0.717, 1.165) is 0 Å². The van der Waals surface area contributed by atoms with E-state index in [0.29, 0.717) is 18.8 Å². The van der Waals surface area contributed by atoms with Gasteiger partial charge in [-0.15, -0.1) is 0 Å². The number of sulfonamides is 1. The zero-order chi connectivity index (χ0) is 16.2. The molecule has 2 N–H and O–H groups in total. The highest BCUT2D eigenvalue weighted by atomic mass is 32.2. The Morgan fingerprint density at radius 1 is 1.48 bits per heavy atom. The van der Waals surface area contributed by atoms with Gasteiger partial charge in [0.1, 0.15) is 5.82 Å². The van der Waals surface area contributed by atoms with Crippen LogP contribution in [-0.2, 0) is 21.4 Å². The number of hydrogen-bond acceptors (Lipinski definition) is 4. The van der Waals surface area contributed by atoms with Crippen LogP contribution >= 0.6 is 0 Å². The Balaban J connectivity index is 2.81. The van der Waals surface area contributed by atoms with Gasteiger partial charge in [-0.05, 0) is 26.2 Å². The van der Waals surface area contributed by atoms with E-state index in [1.54, 1.807) is 11.5 Å². The fraction of sp³-hybridized carbons (Fsp3) is 0.692. The molecule has 0 aliphatic rings. The number of aromatic nitrogens is 2. The molecule has 0 aliphatic carbocycles. The van der Waals surface area contributed by atoms with Gasteiger partial charge in [0.05, 0.1) is 5.92 Å². The van der Waals surface area contributed by atoms with Crippen molar-refractivity contribution in [2.75, 3.05) is 6.54 Å². The minimum atomic E-state index is -3.78. The Bertz CT molecular complexity index is 593. The normalized spacial score (nSPS) is 13.6. The first-order valence-electron chi connectivity index (χ1n) is 6.93. The molecular formula is C13H23N3O4S. The Kier molecular flexibility index (Phi) is 5.91. The van der Waals surface area contributed by atoms with Gasteiger partial charge in [-0.2, -0.15) is 0 Å². The predicted molar refractivity (Wildman–Crippen MR) is 78.4 cm³/mol. The average molecular weight is 317 g/mol. The van der Waals surface area contributed by atoms with Gasteiger partial charge >= 0.3 is 5.97 Å². The van der Waals surface area contributed by atoms with E-state index in [9.17, 15) is 13.2 Å². The van der Waals surface area contributed by atoms with Crippen molar-refractivity contribution in [3.05, 3.63) is 12.0 Å². The molecule has 120 valence electrons. The number of carboxylic acid groups (broad SMARTS) is 1. The van der Waals surface area contributed by atoms with Crippen LogP contribution < -0.4 is 4.72 Å². The summed E-state index contributed by atoms with van der Waals surface area (Å²) in [6.07, 6.45) is 1.87. The Morgan fingerprint density at radius 3 is 2.52 bits per heavy atom. The van der Waals surface area contributed by atoms with E-state index in [4.69, 9.17) is 5.11 Å². The minimum Gasteiger partial charge on any atom is -0.481 e. The Hall–Kier alpha value is -1.41. The highest BCUT2D eigenvalue weighted by Crippen LogP contribution is 2.13. The maximum Gasteiger partial charge on any atom is 0.307 e. The number of aliphatic carboxylic acids is 1. The first kappa shape index (κ1) is 17.6. The average Bonchev–Trinajstić information content (AvgIpc) is 2.76. The molecule has 1 heterocycles. The van der Waals surface area contributed by atoms with Crippen molar-refractivity contribution in [3.63, 3.8) is 0 Å². The molecule has 0 spiro atoms. The lowest BCUT2D eigenvalue weighted by Gasteiger charge is -2.14. The monoisotopic (exact) mass is 317 g/mol. The van der Waals surface area contributed by atoms with Gasteiger partial charge in [0, 0.05) is 19.3 Å². The van der Waals surface area contributed by atoms with Crippen LogP contribution in [0.25, 0.3) is 0 Å². The van der Waals surface area contributed by atoms with Gasteiger partial charge < -0.3 is 9.67 Å². The van der Waals surface area contributed by atoms with Gasteiger partial charge in [-0.3, -0.25) is 4.79 Å². The number of carboxylic acids is 1. The standard InChI is InChI=1S/C13H23N3O4S/c1-5-16-8-12(15-10(16)4)21(19,20)14-7-11(13(17)18)6-9(2)3/h8-9,11,14H,5-7H2,1-4H3,(H,17,18). The quantitative estimate of drug-likeness (QED) is 0.751. The summed E-state index contributed by atoms with van der Waals surface area (Å²) in [5.74, 6) is -0.956. The SMILES string of the molecule is CCn1cc(S(=O)(=O)NCC(CC(C)C)C(=O)O)nc1C. The summed E-state index contributed by atoms with van der Waals surface area (Å²) in [6, 6.07) is 0. The third-order valence-corrected chi connectivity index (χ3v) is 4.49. The van der Waals surface area contributed by atoms with Crippen molar-refractivity contribution in [1.82, 2.24) is 14.3 Å². The summed E-state index contributed by atoms with van der Waals surface area (Å²) in [7, 11) is -3.78.